The summed E-state index contributed by atoms with van der Waals surface area (Å²) in [6.07, 6.45) is 0.685. The molecule has 0 amide bonds. The molecule has 0 spiro atoms. The molecular formula is C13H21NO3. The van der Waals surface area contributed by atoms with Gasteiger partial charge in [0, 0.05) is 18.7 Å². The molecule has 96 valence electrons. The van der Waals surface area contributed by atoms with Crippen LogP contribution in [0.3, 0.4) is 0 Å². The Morgan fingerprint density at radius 1 is 1.41 bits per heavy atom. The minimum Gasteiger partial charge on any atom is -0.508 e. The molecule has 4 heteroatoms. The third kappa shape index (κ3) is 4.24. The van der Waals surface area contributed by atoms with Crippen LogP contribution in [0.5, 0.6) is 11.5 Å². The number of phenolic OH excluding ortho intramolecular Hbond substituents is 1. The van der Waals surface area contributed by atoms with E-state index in [1.54, 1.807) is 32.2 Å². The van der Waals surface area contributed by atoms with E-state index >= 15 is 0 Å². The molecule has 1 aromatic carbocycles. The Morgan fingerprint density at radius 2 is 2.12 bits per heavy atom. The van der Waals surface area contributed by atoms with Crippen molar-refractivity contribution in [3.63, 3.8) is 0 Å². The summed E-state index contributed by atoms with van der Waals surface area (Å²) < 4.78 is 5.09. The van der Waals surface area contributed by atoms with Gasteiger partial charge in [-0.2, -0.15) is 0 Å². The first-order chi connectivity index (χ1) is 7.98. The summed E-state index contributed by atoms with van der Waals surface area (Å²) in [5, 5.41) is 22.6. The molecule has 1 unspecified atom stereocenters. The number of aliphatic hydroxyl groups is 1. The van der Waals surface area contributed by atoms with Crippen LogP contribution in [0, 0.1) is 0 Å². The molecule has 4 nitrogen and oxygen atoms in total. The lowest BCUT2D eigenvalue weighted by molar-refractivity contribution is 0.0555. The molecule has 0 heterocycles. The molecule has 0 aliphatic rings. The van der Waals surface area contributed by atoms with E-state index in [4.69, 9.17) is 4.74 Å². The number of aromatic hydroxyl groups is 1. The highest BCUT2D eigenvalue weighted by molar-refractivity contribution is 5.39. The first-order valence-corrected chi connectivity index (χ1v) is 5.77. The monoisotopic (exact) mass is 239 g/mol. The van der Waals surface area contributed by atoms with Crippen molar-refractivity contribution in [2.24, 2.45) is 0 Å². The molecule has 1 atom stereocenters. The Morgan fingerprint density at radius 3 is 2.71 bits per heavy atom. The molecule has 0 fully saturated rings. The highest BCUT2D eigenvalue weighted by Crippen LogP contribution is 2.22. The highest BCUT2D eigenvalue weighted by Gasteiger charge is 2.16. The normalized spacial score (nSPS) is 14.4. The van der Waals surface area contributed by atoms with E-state index in [1.165, 1.54) is 0 Å². The van der Waals surface area contributed by atoms with Gasteiger partial charge in [0.05, 0.1) is 12.7 Å². The van der Waals surface area contributed by atoms with Gasteiger partial charge in [0.15, 0.2) is 0 Å². The van der Waals surface area contributed by atoms with E-state index in [9.17, 15) is 10.2 Å². The summed E-state index contributed by atoms with van der Waals surface area (Å²) in [4.78, 5) is 0. The van der Waals surface area contributed by atoms with E-state index in [0.29, 0.717) is 25.3 Å². The minimum atomic E-state index is -0.714. The van der Waals surface area contributed by atoms with Crippen LogP contribution < -0.4 is 10.1 Å². The maximum atomic E-state index is 9.82. The second-order valence-corrected chi connectivity index (χ2v) is 4.45. The summed E-state index contributed by atoms with van der Waals surface area (Å²) >= 11 is 0. The molecule has 0 aromatic heterocycles. The summed E-state index contributed by atoms with van der Waals surface area (Å²) in [5.41, 5.74) is 0.0466. The van der Waals surface area contributed by atoms with Gasteiger partial charge in [-0.25, -0.2) is 0 Å². The van der Waals surface area contributed by atoms with E-state index in [-0.39, 0.29) is 5.75 Å². The molecule has 3 N–H and O–H groups in total. The van der Waals surface area contributed by atoms with Gasteiger partial charge in [0.1, 0.15) is 11.5 Å². The Bertz CT molecular complexity index is 364. The van der Waals surface area contributed by atoms with Gasteiger partial charge in [0.2, 0.25) is 0 Å². The van der Waals surface area contributed by atoms with Crippen molar-refractivity contribution in [3.05, 3.63) is 23.8 Å². The van der Waals surface area contributed by atoms with Gasteiger partial charge in [-0.15, -0.1) is 0 Å². The second-order valence-electron chi connectivity index (χ2n) is 4.45. The Hall–Kier alpha value is -1.26. The minimum absolute atomic E-state index is 0.231. The fourth-order valence-corrected chi connectivity index (χ4v) is 1.42. The number of ether oxygens (including phenoxy) is 1. The van der Waals surface area contributed by atoms with Crippen LogP contribution in [0.25, 0.3) is 0 Å². The summed E-state index contributed by atoms with van der Waals surface area (Å²) in [7, 11) is 1.59. The second kappa shape index (κ2) is 5.89. The molecule has 0 saturated heterocycles. The molecule has 0 saturated carbocycles. The van der Waals surface area contributed by atoms with Crippen molar-refractivity contribution in [1.29, 1.82) is 0 Å². The van der Waals surface area contributed by atoms with Gasteiger partial charge in [0.25, 0.3) is 0 Å². The number of phenols is 1. The molecule has 17 heavy (non-hydrogen) atoms. The molecule has 0 aliphatic carbocycles. The van der Waals surface area contributed by atoms with Crippen LogP contribution in [-0.2, 0) is 6.54 Å². The summed E-state index contributed by atoms with van der Waals surface area (Å²) in [5.74, 6) is 0.941. The first-order valence-electron chi connectivity index (χ1n) is 5.77. The maximum absolute atomic E-state index is 9.82. The summed E-state index contributed by atoms with van der Waals surface area (Å²) in [6, 6.07) is 5.10. The maximum Gasteiger partial charge on any atom is 0.120 e. The van der Waals surface area contributed by atoms with Crippen molar-refractivity contribution in [2.75, 3.05) is 13.7 Å². The molecule has 0 radical (unpaired) electrons. The zero-order chi connectivity index (χ0) is 12.9. The molecule has 1 rings (SSSR count). The fourth-order valence-electron chi connectivity index (χ4n) is 1.42. The van der Waals surface area contributed by atoms with E-state index in [1.807, 2.05) is 6.92 Å². The van der Waals surface area contributed by atoms with Crippen LogP contribution in [0.4, 0.5) is 0 Å². The predicted molar refractivity (Wildman–Crippen MR) is 67.3 cm³/mol. The van der Waals surface area contributed by atoms with Gasteiger partial charge in [-0.1, -0.05) is 6.92 Å². The smallest absolute Gasteiger partial charge is 0.120 e. The van der Waals surface area contributed by atoms with Crippen LogP contribution in [0.2, 0.25) is 0 Å². The quantitative estimate of drug-likeness (QED) is 0.706. The number of hydrogen-bond acceptors (Lipinski definition) is 4. The van der Waals surface area contributed by atoms with Crippen molar-refractivity contribution in [1.82, 2.24) is 5.32 Å². The van der Waals surface area contributed by atoms with Crippen LogP contribution in [-0.4, -0.2) is 29.5 Å². The van der Waals surface area contributed by atoms with E-state index in [2.05, 4.69) is 5.32 Å². The largest absolute Gasteiger partial charge is 0.508 e. The fraction of sp³-hybridized carbons (Fsp3) is 0.538. The van der Waals surface area contributed by atoms with E-state index < -0.39 is 5.60 Å². The van der Waals surface area contributed by atoms with Crippen molar-refractivity contribution in [3.8, 4) is 11.5 Å². The zero-order valence-corrected chi connectivity index (χ0v) is 10.7. The van der Waals surface area contributed by atoms with Crippen molar-refractivity contribution < 1.29 is 14.9 Å². The van der Waals surface area contributed by atoms with Crippen LogP contribution >= 0.6 is 0 Å². The van der Waals surface area contributed by atoms with Gasteiger partial charge in [-0.3, -0.25) is 0 Å². The predicted octanol–water partition coefficient (Wildman–Crippen LogP) is 1.65. The van der Waals surface area contributed by atoms with Crippen molar-refractivity contribution >= 4 is 0 Å². The zero-order valence-electron chi connectivity index (χ0n) is 10.7. The number of rotatable bonds is 6. The number of methoxy groups -OCH3 is 1. The van der Waals surface area contributed by atoms with Crippen LogP contribution in [0.15, 0.2) is 18.2 Å². The topological polar surface area (TPSA) is 61.7 Å². The standard InChI is InChI=1S/C13H21NO3/c1-4-13(2,16)9-14-8-10-7-11(17-3)5-6-12(10)15/h5-7,14-16H,4,8-9H2,1-3H3. The third-order valence-corrected chi connectivity index (χ3v) is 2.87. The number of benzene rings is 1. The number of nitrogens with one attached hydrogen (secondary N) is 1. The first kappa shape index (κ1) is 13.8. The molecule has 1 aromatic rings. The molecule has 0 bridgehead atoms. The third-order valence-electron chi connectivity index (χ3n) is 2.87. The van der Waals surface area contributed by atoms with Gasteiger partial charge >= 0.3 is 0 Å². The Balaban J connectivity index is 2.57. The molecular weight excluding hydrogens is 218 g/mol. The highest BCUT2D eigenvalue weighted by atomic mass is 16.5. The lowest BCUT2D eigenvalue weighted by Gasteiger charge is -2.21. The summed E-state index contributed by atoms with van der Waals surface area (Å²) in [6.45, 7) is 4.70. The van der Waals surface area contributed by atoms with Crippen LogP contribution in [0.1, 0.15) is 25.8 Å². The Kier molecular flexibility index (Phi) is 4.78. The SMILES string of the molecule is CCC(C)(O)CNCc1cc(OC)ccc1O. The van der Waals surface area contributed by atoms with Gasteiger partial charge < -0.3 is 20.3 Å². The van der Waals surface area contributed by atoms with Crippen molar-refractivity contribution in [2.45, 2.75) is 32.4 Å². The van der Waals surface area contributed by atoms with E-state index in [0.717, 1.165) is 5.56 Å². The average Bonchev–Trinajstić information content (AvgIpc) is 2.31. The lowest BCUT2D eigenvalue weighted by Crippen LogP contribution is -2.36. The lowest BCUT2D eigenvalue weighted by atomic mass is 10.0. The van der Waals surface area contributed by atoms with Gasteiger partial charge in [-0.05, 0) is 31.5 Å². The molecule has 0 aliphatic heterocycles. The number of hydrogen-bond donors (Lipinski definition) is 3. The Labute approximate surface area is 102 Å². The average molecular weight is 239 g/mol.